The Morgan fingerprint density at radius 2 is 1.96 bits per heavy atom. The van der Waals surface area contributed by atoms with Crippen molar-refractivity contribution in [3.05, 3.63) is 29.3 Å². The average molecular weight is 316 g/mol. The molecule has 0 spiro atoms. The van der Waals surface area contributed by atoms with E-state index in [0.717, 1.165) is 19.4 Å². The van der Waals surface area contributed by atoms with Gasteiger partial charge in [-0.2, -0.15) is 0 Å². The number of amides is 2. The van der Waals surface area contributed by atoms with Gasteiger partial charge in [-0.25, -0.2) is 0 Å². The highest BCUT2D eigenvalue weighted by molar-refractivity contribution is 6.01. The maximum Gasteiger partial charge on any atom is 0.260 e. The molecule has 1 unspecified atom stereocenters. The molecule has 0 aromatic heterocycles. The van der Waals surface area contributed by atoms with Crippen molar-refractivity contribution >= 4 is 11.8 Å². The van der Waals surface area contributed by atoms with Crippen LogP contribution in [0, 0.1) is 0 Å². The van der Waals surface area contributed by atoms with Crippen LogP contribution in [0.1, 0.15) is 46.4 Å². The molecule has 2 fully saturated rings. The van der Waals surface area contributed by atoms with Crippen LogP contribution < -0.4 is 4.74 Å². The van der Waals surface area contributed by atoms with Gasteiger partial charge in [0.15, 0.2) is 6.23 Å². The van der Waals surface area contributed by atoms with E-state index in [9.17, 15) is 14.7 Å². The topological polar surface area (TPSA) is 70.1 Å². The molecular weight excluding hydrogens is 296 g/mol. The van der Waals surface area contributed by atoms with Gasteiger partial charge in [-0.05, 0) is 37.5 Å². The molecule has 6 heteroatoms. The maximum atomic E-state index is 12.6. The quantitative estimate of drug-likeness (QED) is 0.846. The van der Waals surface area contributed by atoms with Crippen LogP contribution in [-0.4, -0.2) is 58.7 Å². The normalized spacial score (nSPS) is 24.2. The van der Waals surface area contributed by atoms with Crippen molar-refractivity contribution in [3.8, 4) is 5.75 Å². The van der Waals surface area contributed by atoms with Gasteiger partial charge in [0.05, 0.1) is 11.7 Å². The van der Waals surface area contributed by atoms with Gasteiger partial charge in [-0.1, -0.05) is 0 Å². The first-order valence-corrected chi connectivity index (χ1v) is 8.22. The number of nitrogens with zero attached hydrogens (tertiary/aromatic N) is 2. The second-order valence-corrected chi connectivity index (χ2v) is 6.45. The summed E-state index contributed by atoms with van der Waals surface area (Å²) in [6.45, 7) is 1.86. The van der Waals surface area contributed by atoms with Crippen LogP contribution in [0.4, 0.5) is 0 Å². The molecule has 1 atom stereocenters. The van der Waals surface area contributed by atoms with E-state index in [1.54, 1.807) is 28.0 Å². The van der Waals surface area contributed by atoms with E-state index < -0.39 is 0 Å². The number of likely N-dealkylation sites (tertiary alicyclic amines) is 1. The van der Waals surface area contributed by atoms with E-state index in [1.165, 1.54) is 0 Å². The number of carbonyl (C=O) groups excluding carboxylic acids is 2. The van der Waals surface area contributed by atoms with Crippen molar-refractivity contribution in [1.29, 1.82) is 0 Å². The van der Waals surface area contributed by atoms with E-state index in [0.29, 0.717) is 42.8 Å². The van der Waals surface area contributed by atoms with Crippen molar-refractivity contribution in [3.63, 3.8) is 0 Å². The predicted molar refractivity (Wildman–Crippen MR) is 82.3 cm³/mol. The van der Waals surface area contributed by atoms with Gasteiger partial charge >= 0.3 is 0 Å². The first-order valence-electron chi connectivity index (χ1n) is 8.22. The van der Waals surface area contributed by atoms with Crippen LogP contribution in [0.25, 0.3) is 0 Å². The second-order valence-electron chi connectivity index (χ2n) is 6.45. The Bertz CT molecular complexity index is 652. The minimum absolute atomic E-state index is 0.00570. The second kappa shape index (κ2) is 5.53. The van der Waals surface area contributed by atoms with E-state index in [-0.39, 0.29) is 24.1 Å². The zero-order valence-corrected chi connectivity index (χ0v) is 12.9. The highest BCUT2D eigenvalue weighted by atomic mass is 16.5. The number of aliphatic hydroxyl groups excluding tert-OH is 1. The molecule has 4 rings (SSSR count). The maximum absolute atomic E-state index is 12.6. The van der Waals surface area contributed by atoms with Gasteiger partial charge in [0.1, 0.15) is 5.75 Å². The summed E-state index contributed by atoms with van der Waals surface area (Å²) in [5.41, 5.74) is 1.08. The Morgan fingerprint density at radius 3 is 2.74 bits per heavy atom. The van der Waals surface area contributed by atoms with Gasteiger partial charge in [-0.3, -0.25) is 9.59 Å². The van der Waals surface area contributed by atoms with Gasteiger partial charge in [0.25, 0.3) is 11.8 Å². The highest BCUT2D eigenvalue weighted by Gasteiger charge is 2.37. The lowest BCUT2D eigenvalue weighted by Crippen LogP contribution is -2.43. The Balaban J connectivity index is 1.58. The summed E-state index contributed by atoms with van der Waals surface area (Å²) in [5.74, 6) is 0.444. The number of ether oxygens (including phenoxy) is 1. The monoisotopic (exact) mass is 316 g/mol. The molecule has 23 heavy (non-hydrogen) atoms. The third kappa shape index (κ3) is 2.47. The minimum Gasteiger partial charge on any atom is -0.470 e. The number of fused-ring (bicyclic) bond motifs is 2. The standard InChI is InChI=1S/C17H20N2O4/c20-12-5-8-18(9-6-12)16(21)11-3-4-13-14(10-11)23-15-2-1-7-19(15)17(13)22/h3-4,10,12,15,20H,1-2,5-9H2. The number of hydrogen-bond donors (Lipinski definition) is 1. The zero-order valence-electron chi connectivity index (χ0n) is 12.9. The fraction of sp³-hybridized carbons (Fsp3) is 0.529. The molecule has 3 heterocycles. The molecule has 122 valence electrons. The van der Waals surface area contributed by atoms with E-state index in [4.69, 9.17) is 4.74 Å². The Morgan fingerprint density at radius 1 is 1.17 bits per heavy atom. The summed E-state index contributed by atoms with van der Waals surface area (Å²) in [7, 11) is 0. The minimum atomic E-state index is -0.308. The van der Waals surface area contributed by atoms with Crippen molar-refractivity contribution < 1.29 is 19.4 Å². The molecule has 0 aliphatic carbocycles. The van der Waals surface area contributed by atoms with Gasteiger partial charge < -0.3 is 19.6 Å². The third-order valence-corrected chi connectivity index (χ3v) is 4.93. The lowest BCUT2D eigenvalue weighted by atomic mass is 10.0. The van der Waals surface area contributed by atoms with E-state index in [2.05, 4.69) is 0 Å². The van der Waals surface area contributed by atoms with Crippen LogP contribution in [0.5, 0.6) is 5.75 Å². The number of benzene rings is 1. The first-order chi connectivity index (χ1) is 11.1. The SMILES string of the molecule is O=C(c1ccc2c(c1)OC1CCCN1C2=O)N1CCC(O)CC1. The molecule has 0 bridgehead atoms. The van der Waals surface area contributed by atoms with Crippen LogP contribution in [0.15, 0.2) is 18.2 Å². The molecule has 6 nitrogen and oxygen atoms in total. The molecule has 2 amide bonds. The lowest BCUT2D eigenvalue weighted by Gasteiger charge is -2.32. The highest BCUT2D eigenvalue weighted by Crippen LogP contribution is 2.33. The molecule has 3 aliphatic rings. The molecule has 1 N–H and O–H groups in total. The summed E-state index contributed by atoms with van der Waals surface area (Å²) in [6.07, 6.45) is 2.52. The lowest BCUT2D eigenvalue weighted by molar-refractivity contribution is 0.0291. The summed E-state index contributed by atoms with van der Waals surface area (Å²) >= 11 is 0. The smallest absolute Gasteiger partial charge is 0.260 e. The number of hydrogen-bond acceptors (Lipinski definition) is 4. The summed E-state index contributed by atoms with van der Waals surface area (Å²) in [6, 6.07) is 5.08. The van der Waals surface area contributed by atoms with Gasteiger partial charge in [-0.15, -0.1) is 0 Å². The number of aliphatic hydroxyl groups is 1. The summed E-state index contributed by atoms with van der Waals surface area (Å²) in [4.78, 5) is 28.5. The van der Waals surface area contributed by atoms with Crippen molar-refractivity contribution in [1.82, 2.24) is 9.80 Å². The summed E-state index contributed by atoms with van der Waals surface area (Å²) < 4.78 is 5.92. The average Bonchev–Trinajstić information content (AvgIpc) is 3.03. The predicted octanol–water partition coefficient (Wildman–Crippen LogP) is 1.24. The summed E-state index contributed by atoms with van der Waals surface area (Å²) in [5, 5.41) is 9.55. The Kier molecular flexibility index (Phi) is 3.49. The van der Waals surface area contributed by atoms with Crippen LogP contribution in [0.2, 0.25) is 0 Å². The Labute approximate surface area is 134 Å². The molecule has 0 radical (unpaired) electrons. The molecule has 2 saturated heterocycles. The van der Waals surface area contributed by atoms with Crippen LogP contribution >= 0.6 is 0 Å². The molecule has 3 aliphatic heterocycles. The Hall–Kier alpha value is -2.08. The van der Waals surface area contributed by atoms with E-state index >= 15 is 0 Å². The first kappa shape index (κ1) is 14.5. The van der Waals surface area contributed by atoms with Gasteiger partial charge in [0.2, 0.25) is 0 Å². The molecule has 1 aromatic rings. The van der Waals surface area contributed by atoms with Gasteiger partial charge in [0, 0.05) is 31.6 Å². The zero-order chi connectivity index (χ0) is 16.0. The third-order valence-electron chi connectivity index (χ3n) is 4.93. The number of rotatable bonds is 1. The largest absolute Gasteiger partial charge is 0.470 e. The van der Waals surface area contributed by atoms with Crippen LogP contribution in [0.3, 0.4) is 0 Å². The molecule has 0 saturated carbocycles. The fourth-order valence-corrected chi connectivity index (χ4v) is 3.57. The molecular formula is C17H20N2O4. The van der Waals surface area contributed by atoms with E-state index in [1.807, 2.05) is 0 Å². The fourth-order valence-electron chi connectivity index (χ4n) is 3.57. The molecule has 1 aromatic carbocycles. The van der Waals surface area contributed by atoms with Crippen molar-refractivity contribution in [2.75, 3.05) is 19.6 Å². The van der Waals surface area contributed by atoms with Crippen molar-refractivity contribution in [2.45, 2.75) is 38.0 Å². The van der Waals surface area contributed by atoms with Crippen molar-refractivity contribution in [2.24, 2.45) is 0 Å². The number of carbonyl (C=O) groups is 2. The van der Waals surface area contributed by atoms with Crippen LogP contribution in [-0.2, 0) is 0 Å². The number of piperidine rings is 1.